The maximum Gasteiger partial charge on any atom is 0.407 e. The normalized spacial score (nSPS) is 16.8. The van der Waals surface area contributed by atoms with Crippen LogP contribution in [0.5, 0.6) is 0 Å². The lowest BCUT2D eigenvalue weighted by Crippen LogP contribution is -2.49. The largest absolute Gasteiger partial charge is 0.460 e. The Labute approximate surface area is 200 Å². The van der Waals surface area contributed by atoms with Gasteiger partial charge in [-0.15, -0.1) is 0 Å². The van der Waals surface area contributed by atoms with Crippen LogP contribution in [0.1, 0.15) is 85.1 Å². The van der Waals surface area contributed by atoms with Crippen LogP contribution < -0.4 is 10.6 Å². The summed E-state index contributed by atoms with van der Waals surface area (Å²) < 4.78 is 11.1. The van der Waals surface area contributed by atoms with E-state index in [1.54, 1.807) is 0 Å². The van der Waals surface area contributed by atoms with Crippen LogP contribution in [0.2, 0.25) is 0 Å². The molecule has 2 rings (SSSR count). The summed E-state index contributed by atoms with van der Waals surface area (Å²) in [6, 6.07) is 9.24. The Bertz CT molecular complexity index is 709. The van der Waals surface area contributed by atoms with Crippen LogP contribution in [0.25, 0.3) is 0 Å². The molecule has 1 aromatic carbocycles. The minimum absolute atomic E-state index is 0.129. The molecule has 1 fully saturated rings. The van der Waals surface area contributed by atoms with Crippen LogP contribution in [-0.2, 0) is 20.9 Å². The number of carbonyl (C=O) groups excluding carboxylic acids is 2. The standard InChI is InChI=1S/C27H44N2O4/c1-20(2)16-23(29-26(31)33-27(3,4)5)18-28-24(17-21-12-8-6-9-13-21)25(30)32-19-22-14-10-7-11-15-22/h7,10-11,14-15,20-21,23-24,28H,6,8-9,12-13,16-19H2,1-5H3,(H,29,31)/t23-,24-/m0/s1. The minimum Gasteiger partial charge on any atom is -0.460 e. The average Bonchev–Trinajstić information content (AvgIpc) is 2.74. The molecule has 0 aliphatic heterocycles. The number of nitrogens with one attached hydrogen (secondary N) is 2. The van der Waals surface area contributed by atoms with E-state index in [1.165, 1.54) is 19.3 Å². The zero-order valence-electron chi connectivity index (χ0n) is 21.2. The van der Waals surface area contributed by atoms with E-state index in [9.17, 15) is 9.59 Å². The summed E-state index contributed by atoms with van der Waals surface area (Å²) in [6.07, 6.45) is 7.20. The third kappa shape index (κ3) is 11.6. The molecule has 0 saturated heterocycles. The minimum atomic E-state index is -0.551. The van der Waals surface area contributed by atoms with Crippen molar-refractivity contribution in [1.82, 2.24) is 10.6 Å². The van der Waals surface area contributed by atoms with E-state index in [0.717, 1.165) is 31.2 Å². The fourth-order valence-electron chi connectivity index (χ4n) is 4.37. The van der Waals surface area contributed by atoms with E-state index in [0.29, 0.717) is 18.4 Å². The highest BCUT2D eigenvalue weighted by Gasteiger charge is 2.27. The first-order valence-corrected chi connectivity index (χ1v) is 12.6. The van der Waals surface area contributed by atoms with E-state index in [1.807, 2.05) is 51.1 Å². The molecule has 0 spiro atoms. The molecule has 6 heteroatoms. The number of ether oxygens (including phenoxy) is 2. The van der Waals surface area contributed by atoms with Gasteiger partial charge >= 0.3 is 12.1 Å². The summed E-state index contributed by atoms with van der Waals surface area (Å²) in [5.74, 6) is 0.710. The van der Waals surface area contributed by atoms with Crippen molar-refractivity contribution in [2.75, 3.05) is 6.54 Å². The Morgan fingerprint density at radius 1 is 1.06 bits per heavy atom. The van der Waals surface area contributed by atoms with E-state index in [4.69, 9.17) is 9.47 Å². The maximum absolute atomic E-state index is 13.0. The Balaban J connectivity index is 1.99. The van der Waals surface area contributed by atoms with Gasteiger partial charge in [0.15, 0.2) is 0 Å². The predicted octanol–water partition coefficient (Wildman–Crippen LogP) is 5.60. The summed E-state index contributed by atoms with van der Waals surface area (Å²) in [4.78, 5) is 25.4. The summed E-state index contributed by atoms with van der Waals surface area (Å²) in [5, 5.41) is 6.42. The van der Waals surface area contributed by atoms with E-state index >= 15 is 0 Å². The maximum atomic E-state index is 13.0. The Kier molecular flexibility index (Phi) is 11.2. The van der Waals surface area contributed by atoms with Gasteiger partial charge < -0.3 is 20.1 Å². The van der Waals surface area contributed by atoms with Crippen LogP contribution in [0, 0.1) is 11.8 Å². The van der Waals surface area contributed by atoms with Gasteiger partial charge in [-0.1, -0.05) is 76.3 Å². The molecule has 33 heavy (non-hydrogen) atoms. The molecule has 1 aromatic rings. The first kappa shape index (κ1) is 27.2. The van der Waals surface area contributed by atoms with Crippen molar-refractivity contribution >= 4 is 12.1 Å². The smallest absolute Gasteiger partial charge is 0.407 e. The third-order valence-corrected chi connectivity index (χ3v) is 5.89. The van der Waals surface area contributed by atoms with Crippen LogP contribution >= 0.6 is 0 Å². The lowest BCUT2D eigenvalue weighted by Gasteiger charge is -2.29. The van der Waals surface area contributed by atoms with Crippen molar-refractivity contribution in [2.45, 2.75) is 104 Å². The topological polar surface area (TPSA) is 76.7 Å². The van der Waals surface area contributed by atoms with Crippen LogP contribution in [-0.4, -0.2) is 36.3 Å². The molecule has 0 aromatic heterocycles. The van der Waals surface area contributed by atoms with Gasteiger partial charge in [-0.3, -0.25) is 4.79 Å². The third-order valence-electron chi connectivity index (χ3n) is 5.89. The molecule has 0 heterocycles. The van der Waals surface area contributed by atoms with Gasteiger partial charge in [0.25, 0.3) is 0 Å². The van der Waals surface area contributed by atoms with Crippen LogP contribution in [0.15, 0.2) is 30.3 Å². The quantitative estimate of drug-likeness (QED) is 0.421. The SMILES string of the molecule is CC(C)C[C@@H](CN[C@@H](CC1CCCCC1)C(=O)OCc1ccccc1)NC(=O)OC(C)(C)C. The number of rotatable bonds is 11. The van der Waals surface area contributed by atoms with E-state index < -0.39 is 11.7 Å². The monoisotopic (exact) mass is 460 g/mol. The summed E-state index contributed by atoms with van der Waals surface area (Å²) in [5.41, 5.74) is 0.427. The highest BCUT2D eigenvalue weighted by molar-refractivity contribution is 5.75. The first-order chi connectivity index (χ1) is 15.6. The molecule has 0 bridgehead atoms. The van der Waals surface area contributed by atoms with Crippen molar-refractivity contribution in [3.8, 4) is 0 Å². The molecule has 1 aliphatic carbocycles. The predicted molar refractivity (Wildman–Crippen MR) is 132 cm³/mol. The first-order valence-electron chi connectivity index (χ1n) is 12.6. The molecular formula is C27H44N2O4. The highest BCUT2D eigenvalue weighted by Crippen LogP contribution is 2.27. The van der Waals surface area contributed by atoms with Gasteiger partial charge in [-0.2, -0.15) is 0 Å². The van der Waals surface area contributed by atoms with Crippen molar-refractivity contribution < 1.29 is 19.1 Å². The number of amides is 1. The molecule has 2 atom stereocenters. The van der Waals surface area contributed by atoms with Crippen molar-refractivity contribution in [3.05, 3.63) is 35.9 Å². The Morgan fingerprint density at radius 2 is 1.73 bits per heavy atom. The van der Waals surface area contributed by atoms with Gasteiger partial charge in [0.2, 0.25) is 0 Å². The van der Waals surface area contributed by atoms with Crippen LogP contribution in [0.3, 0.4) is 0 Å². The second-order valence-corrected chi connectivity index (χ2v) is 10.8. The number of hydrogen-bond donors (Lipinski definition) is 2. The number of hydrogen-bond acceptors (Lipinski definition) is 5. The zero-order valence-corrected chi connectivity index (χ0v) is 21.2. The van der Waals surface area contributed by atoms with Crippen molar-refractivity contribution in [3.63, 3.8) is 0 Å². The van der Waals surface area contributed by atoms with Crippen LogP contribution in [0.4, 0.5) is 4.79 Å². The number of alkyl carbamates (subject to hydrolysis) is 1. The van der Waals surface area contributed by atoms with Crippen molar-refractivity contribution in [1.29, 1.82) is 0 Å². The molecule has 0 radical (unpaired) electrons. The molecule has 1 aliphatic rings. The molecule has 1 saturated carbocycles. The molecule has 2 N–H and O–H groups in total. The Morgan fingerprint density at radius 3 is 2.33 bits per heavy atom. The fraction of sp³-hybridized carbons (Fsp3) is 0.704. The summed E-state index contributed by atoms with van der Waals surface area (Å²) in [6.45, 7) is 10.6. The number of esters is 1. The lowest BCUT2D eigenvalue weighted by molar-refractivity contribution is -0.148. The second kappa shape index (κ2) is 13.6. The van der Waals surface area contributed by atoms with Crippen molar-refractivity contribution in [2.24, 2.45) is 11.8 Å². The van der Waals surface area contributed by atoms with Gasteiger partial charge in [-0.05, 0) is 51.0 Å². The van der Waals surface area contributed by atoms with Gasteiger partial charge in [-0.25, -0.2) is 4.79 Å². The van der Waals surface area contributed by atoms with Gasteiger partial charge in [0.05, 0.1) is 0 Å². The average molecular weight is 461 g/mol. The molecule has 186 valence electrons. The Hall–Kier alpha value is -2.08. The fourth-order valence-corrected chi connectivity index (χ4v) is 4.37. The number of benzene rings is 1. The lowest BCUT2D eigenvalue weighted by atomic mass is 9.84. The second-order valence-electron chi connectivity index (χ2n) is 10.8. The summed E-state index contributed by atoms with van der Waals surface area (Å²) in [7, 11) is 0. The zero-order chi connectivity index (χ0) is 24.3. The molecule has 1 amide bonds. The summed E-state index contributed by atoms with van der Waals surface area (Å²) >= 11 is 0. The molecule has 6 nitrogen and oxygen atoms in total. The van der Waals surface area contributed by atoms with E-state index in [-0.39, 0.29) is 24.7 Å². The number of carbonyl (C=O) groups is 2. The van der Waals surface area contributed by atoms with Gasteiger partial charge in [0, 0.05) is 12.6 Å². The van der Waals surface area contributed by atoms with E-state index in [2.05, 4.69) is 24.5 Å². The molecule has 0 unspecified atom stereocenters. The highest BCUT2D eigenvalue weighted by atomic mass is 16.6. The van der Waals surface area contributed by atoms with Gasteiger partial charge in [0.1, 0.15) is 18.2 Å². The molecular weight excluding hydrogens is 416 g/mol.